The van der Waals surface area contributed by atoms with E-state index in [0.717, 1.165) is 35.5 Å². The maximum Gasteiger partial charge on any atom is 0.247 e. The molecule has 36 heavy (non-hydrogen) atoms. The van der Waals surface area contributed by atoms with Crippen LogP contribution in [-0.4, -0.2) is 48.1 Å². The molecule has 0 saturated heterocycles. The van der Waals surface area contributed by atoms with Crippen molar-refractivity contribution in [1.82, 2.24) is 9.47 Å². The topological polar surface area (TPSA) is 64.0 Å². The summed E-state index contributed by atoms with van der Waals surface area (Å²) in [6.45, 7) is 5.96. The molecule has 0 aliphatic carbocycles. The Balaban J connectivity index is 1.84. The molecular formula is C29H35N3O4. The molecule has 2 heterocycles. The summed E-state index contributed by atoms with van der Waals surface area (Å²) in [4.78, 5) is 30.7. The van der Waals surface area contributed by atoms with Crippen molar-refractivity contribution < 1.29 is 19.1 Å². The number of amides is 2. The van der Waals surface area contributed by atoms with Crippen LogP contribution in [-0.2, 0) is 9.59 Å². The fourth-order valence-corrected chi connectivity index (χ4v) is 4.86. The summed E-state index contributed by atoms with van der Waals surface area (Å²) >= 11 is 0. The molecule has 7 heteroatoms. The number of nitrogens with zero attached hydrogens (tertiary/aromatic N) is 3. The van der Waals surface area contributed by atoms with Gasteiger partial charge in [0.2, 0.25) is 11.8 Å². The van der Waals surface area contributed by atoms with Gasteiger partial charge in [-0.3, -0.25) is 14.5 Å². The van der Waals surface area contributed by atoms with Crippen LogP contribution in [0.25, 0.3) is 5.69 Å². The van der Waals surface area contributed by atoms with E-state index in [-0.39, 0.29) is 24.4 Å². The smallest absolute Gasteiger partial charge is 0.247 e. The summed E-state index contributed by atoms with van der Waals surface area (Å²) in [6.07, 6.45) is 4.18. The van der Waals surface area contributed by atoms with Gasteiger partial charge in [-0.25, -0.2) is 0 Å². The highest BCUT2D eigenvalue weighted by atomic mass is 16.5. The van der Waals surface area contributed by atoms with Crippen LogP contribution in [0.3, 0.4) is 0 Å². The Hall–Kier alpha value is -3.74. The number of aromatic nitrogens is 1. The number of unbranched alkanes of at least 4 members (excludes halogenated alkanes) is 1. The zero-order valence-corrected chi connectivity index (χ0v) is 21.7. The lowest BCUT2D eigenvalue weighted by Crippen LogP contribution is -2.48. The number of carbonyl (C=O) groups is 2. The molecule has 0 spiro atoms. The van der Waals surface area contributed by atoms with Gasteiger partial charge in [0.1, 0.15) is 24.1 Å². The quantitative estimate of drug-likeness (QED) is 0.406. The van der Waals surface area contributed by atoms with E-state index in [4.69, 9.17) is 9.47 Å². The third kappa shape index (κ3) is 4.70. The van der Waals surface area contributed by atoms with Gasteiger partial charge in [-0.2, -0.15) is 0 Å². The number of carbonyl (C=O) groups excluding carboxylic acids is 2. The molecule has 3 aromatic rings. The first-order valence-corrected chi connectivity index (χ1v) is 12.5. The molecular weight excluding hydrogens is 454 g/mol. The van der Waals surface area contributed by atoms with Crippen LogP contribution in [0.15, 0.2) is 60.8 Å². The molecule has 2 amide bonds. The number of fused-ring (bicyclic) bond motifs is 3. The first-order chi connectivity index (χ1) is 17.4. The van der Waals surface area contributed by atoms with Gasteiger partial charge in [-0.15, -0.1) is 0 Å². The van der Waals surface area contributed by atoms with Crippen LogP contribution in [0.5, 0.6) is 11.5 Å². The minimum atomic E-state index is -0.466. The molecule has 0 fully saturated rings. The Kier molecular flexibility index (Phi) is 7.67. The van der Waals surface area contributed by atoms with Gasteiger partial charge in [-0.1, -0.05) is 25.5 Å². The van der Waals surface area contributed by atoms with Crippen molar-refractivity contribution in [2.24, 2.45) is 0 Å². The lowest BCUT2D eigenvalue weighted by Gasteiger charge is -2.40. The molecule has 190 valence electrons. The summed E-state index contributed by atoms with van der Waals surface area (Å²) in [6, 6.07) is 16.9. The predicted octanol–water partition coefficient (Wildman–Crippen LogP) is 5.36. The Morgan fingerprint density at radius 3 is 2.42 bits per heavy atom. The van der Waals surface area contributed by atoms with Crippen LogP contribution in [0.4, 0.5) is 5.69 Å². The average molecular weight is 490 g/mol. The number of ether oxygens (including phenoxy) is 2. The van der Waals surface area contributed by atoms with E-state index in [9.17, 15) is 9.59 Å². The highest BCUT2D eigenvalue weighted by molar-refractivity contribution is 6.00. The van der Waals surface area contributed by atoms with E-state index in [1.165, 1.54) is 0 Å². The lowest BCUT2D eigenvalue weighted by molar-refractivity contribution is -0.137. The van der Waals surface area contributed by atoms with Gasteiger partial charge < -0.3 is 18.9 Å². The molecule has 1 unspecified atom stereocenters. The van der Waals surface area contributed by atoms with Gasteiger partial charge in [-0.05, 0) is 62.7 Å². The lowest BCUT2D eigenvalue weighted by atomic mass is 9.96. The van der Waals surface area contributed by atoms with Crippen molar-refractivity contribution in [3.63, 3.8) is 0 Å². The summed E-state index contributed by atoms with van der Waals surface area (Å²) in [5, 5.41) is 0. The molecule has 0 bridgehead atoms. The maximum absolute atomic E-state index is 14.2. The molecule has 1 aliphatic rings. The molecule has 0 radical (unpaired) electrons. The number of rotatable bonds is 9. The number of anilines is 1. The van der Waals surface area contributed by atoms with Crippen LogP contribution in [0.1, 0.15) is 57.3 Å². The molecule has 1 aliphatic heterocycles. The molecule has 0 N–H and O–H groups in total. The number of benzene rings is 2. The van der Waals surface area contributed by atoms with E-state index in [1.54, 1.807) is 19.1 Å². The van der Waals surface area contributed by atoms with Crippen LogP contribution >= 0.6 is 0 Å². The Bertz CT molecular complexity index is 1230. The molecule has 2 aromatic carbocycles. The van der Waals surface area contributed by atoms with Gasteiger partial charge in [0.25, 0.3) is 0 Å². The maximum atomic E-state index is 14.2. The molecule has 1 aromatic heterocycles. The van der Waals surface area contributed by atoms with Crippen LogP contribution < -0.4 is 14.4 Å². The van der Waals surface area contributed by atoms with Gasteiger partial charge >= 0.3 is 0 Å². The van der Waals surface area contributed by atoms with E-state index in [2.05, 4.69) is 11.5 Å². The highest BCUT2D eigenvalue weighted by Crippen LogP contribution is 2.45. The van der Waals surface area contributed by atoms with Gasteiger partial charge in [0.15, 0.2) is 0 Å². The largest absolute Gasteiger partial charge is 0.497 e. The number of para-hydroxylation sites is 2. The second-order valence-electron chi connectivity index (χ2n) is 9.28. The first-order valence-electron chi connectivity index (χ1n) is 12.5. The van der Waals surface area contributed by atoms with Gasteiger partial charge in [0.05, 0.1) is 31.3 Å². The zero-order valence-electron chi connectivity index (χ0n) is 21.7. The standard InChI is InChI=1S/C29H35N3O4/c1-6-7-14-27(33)31(20(2)3)19-28(34)32-24-12-9-8-11-23(24)30-17-10-13-25(30)29(32)22-18-21(35-4)15-16-26(22)36-5/h8-13,15-18,20,29H,6-7,14,19H2,1-5H3. The summed E-state index contributed by atoms with van der Waals surface area (Å²) in [5.74, 6) is 1.19. The fraction of sp³-hybridized carbons (Fsp3) is 0.379. The van der Waals surface area contributed by atoms with Crippen molar-refractivity contribution in [1.29, 1.82) is 0 Å². The van der Waals surface area contributed by atoms with Crippen LogP contribution in [0, 0.1) is 0 Å². The number of hydrogen-bond donors (Lipinski definition) is 0. The summed E-state index contributed by atoms with van der Waals surface area (Å²) in [5.41, 5.74) is 3.44. The predicted molar refractivity (Wildman–Crippen MR) is 141 cm³/mol. The van der Waals surface area contributed by atoms with E-state index >= 15 is 0 Å². The fourth-order valence-electron chi connectivity index (χ4n) is 4.86. The second-order valence-corrected chi connectivity index (χ2v) is 9.28. The summed E-state index contributed by atoms with van der Waals surface area (Å²) < 4.78 is 13.4. The van der Waals surface area contributed by atoms with Crippen molar-refractivity contribution in [3.05, 3.63) is 72.1 Å². The number of methoxy groups -OCH3 is 2. The normalized spacial score (nSPS) is 14.3. The molecule has 4 rings (SSSR count). The first kappa shape index (κ1) is 25.4. The van der Waals surface area contributed by atoms with Crippen molar-refractivity contribution >= 4 is 17.5 Å². The minimum absolute atomic E-state index is 0.00194. The Morgan fingerprint density at radius 1 is 1.00 bits per heavy atom. The second kappa shape index (κ2) is 10.9. The minimum Gasteiger partial charge on any atom is -0.497 e. The Labute approximate surface area is 213 Å². The van der Waals surface area contributed by atoms with Crippen molar-refractivity contribution in [2.45, 2.75) is 52.1 Å². The zero-order chi connectivity index (χ0) is 25.8. The SMILES string of the molecule is CCCCC(=O)N(CC(=O)N1c2ccccc2-n2cccc2C1c1cc(OC)ccc1OC)C(C)C. The monoisotopic (exact) mass is 489 g/mol. The Morgan fingerprint density at radius 2 is 1.75 bits per heavy atom. The summed E-state index contributed by atoms with van der Waals surface area (Å²) in [7, 11) is 3.25. The van der Waals surface area contributed by atoms with E-state index in [0.29, 0.717) is 17.9 Å². The van der Waals surface area contributed by atoms with Crippen molar-refractivity contribution in [3.8, 4) is 17.2 Å². The third-order valence-electron chi connectivity index (χ3n) is 6.71. The average Bonchev–Trinajstić information content (AvgIpc) is 3.39. The van der Waals surface area contributed by atoms with E-state index in [1.807, 2.05) is 79.5 Å². The van der Waals surface area contributed by atoms with Crippen LogP contribution in [0.2, 0.25) is 0 Å². The third-order valence-corrected chi connectivity index (χ3v) is 6.71. The number of hydrogen-bond acceptors (Lipinski definition) is 4. The highest BCUT2D eigenvalue weighted by Gasteiger charge is 2.38. The van der Waals surface area contributed by atoms with Gasteiger partial charge in [0, 0.05) is 24.2 Å². The molecule has 7 nitrogen and oxygen atoms in total. The molecule has 0 saturated carbocycles. The van der Waals surface area contributed by atoms with E-state index < -0.39 is 6.04 Å². The van der Waals surface area contributed by atoms with Crippen molar-refractivity contribution in [2.75, 3.05) is 25.7 Å². The molecule has 1 atom stereocenters.